The first-order valence-electron chi connectivity index (χ1n) is 9.43. The van der Waals surface area contributed by atoms with Gasteiger partial charge < -0.3 is 9.72 Å². The summed E-state index contributed by atoms with van der Waals surface area (Å²) >= 11 is 0. The molecule has 1 heterocycles. The lowest BCUT2D eigenvalue weighted by Crippen LogP contribution is -2.51. The highest BCUT2D eigenvalue weighted by Gasteiger charge is 2.38. The van der Waals surface area contributed by atoms with Crippen molar-refractivity contribution < 1.29 is 23.2 Å². The van der Waals surface area contributed by atoms with Crippen LogP contribution in [-0.4, -0.2) is 42.0 Å². The lowest BCUT2D eigenvalue weighted by Gasteiger charge is -2.32. The number of nitrogens with one attached hydrogen (secondary N) is 2. The Labute approximate surface area is 175 Å². The fourth-order valence-corrected chi connectivity index (χ4v) is 5.14. The summed E-state index contributed by atoms with van der Waals surface area (Å²) in [6, 6.07) is 12.3. The molecule has 0 bridgehead atoms. The van der Waals surface area contributed by atoms with Gasteiger partial charge in [0.05, 0.1) is 12.0 Å². The molecule has 0 aliphatic rings. The molecule has 8 nitrogen and oxygen atoms in total. The molecule has 0 saturated heterocycles. The summed E-state index contributed by atoms with van der Waals surface area (Å²) in [5, 5.41) is 10.2. The van der Waals surface area contributed by atoms with E-state index in [1.807, 2.05) is 24.3 Å². The number of H-pyrrole nitrogens is 1. The van der Waals surface area contributed by atoms with Gasteiger partial charge in [0.1, 0.15) is 11.8 Å². The van der Waals surface area contributed by atoms with Crippen molar-refractivity contribution in [2.75, 3.05) is 7.11 Å². The third-order valence-corrected chi connectivity index (χ3v) is 6.78. The average molecular weight is 432 g/mol. The fraction of sp³-hybridized carbons (Fsp3) is 0.286. The molecule has 1 aromatic heterocycles. The van der Waals surface area contributed by atoms with Crippen LogP contribution in [0.25, 0.3) is 10.9 Å². The summed E-state index contributed by atoms with van der Waals surface area (Å²) in [5.41, 5.74) is 3.26. The van der Waals surface area contributed by atoms with Crippen LogP contribution in [0.5, 0.6) is 5.75 Å². The zero-order chi connectivity index (χ0) is 21.9. The smallest absolute Gasteiger partial charge is 0.262 e. The number of benzene rings is 2. The minimum Gasteiger partial charge on any atom is -0.497 e. The van der Waals surface area contributed by atoms with Crippen LogP contribution in [0.3, 0.4) is 0 Å². The summed E-state index contributed by atoms with van der Waals surface area (Å²) in [5.74, 6) is -0.655. The molecule has 0 spiro atoms. The van der Waals surface area contributed by atoms with E-state index < -0.39 is 22.0 Å². The molecule has 1 atom stereocenters. The number of hydrogen-bond donors (Lipinski definition) is 3. The molecule has 0 aliphatic carbocycles. The van der Waals surface area contributed by atoms with Crippen molar-refractivity contribution >= 4 is 26.8 Å². The predicted octanol–water partition coefficient (Wildman–Crippen LogP) is 2.90. The van der Waals surface area contributed by atoms with Crippen molar-refractivity contribution in [1.29, 1.82) is 0 Å². The quantitative estimate of drug-likeness (QED) is 0.375. The lowest BCUT2D eigenvalue weighted by molar-refractivity contribution is -0.134. The summed E-state index contributed by atoms with van der Waals surface area (Å²) < 4.78 is 33.3. The maximum Gasteiger partial charge on any atom is 0.262 e. The number of methoxy groups -OCH3 is 1. The van der Waals surface area contributed by atoms with E-state index in [-0.39, 0.29) is 17.4 Å². The maximum atomic E-state index is 13.5. The van der Waals surface area contributed by atoms with E-state index in [0.29, 0.717) is 5.75 Å². The molecular weight excluding hydrogens is 406 g/mol. The Morgan fingerprint density at radius 1 is 1.17 bits per heavy atom. The van der Waals surface area contributed by atoms with Crippen molar-refractivity contribution in [3.63, 3.8) is 0 Å². The van der Waals surface area contributed by atoms with Crippen LogP contribution in [0.15, 0.2) is 59.6 Å². The van der Waals surface area contributed by atoms with Crippen LogP contribution in [-0.2, 0) is 21.4 Å². The molecule has 0 unspecified atom stereocenters. The molecule has 9 heteroatoms. The Kier molecular flexibility index (Phi) is 6.45. The Hall–Kier alpha value is -2.88. The molecule has 0 radical (unpaired) electrons. The predicted molar refractivity (Wildman–Crippen MR) is 113 cm³/mol. The van der Waals surface area contributed by atoms with E-state index in [0.717, 1.165) is 20.8 Å². The number of hydrogen-bond acceptors (Lipinski definition) is 5. The van der Waals surface area contributed by atoms with Gasteiger partial charge in [-0.2, -0.15) is 4.31 Å². The van der Waals surface area contributed by atoms with Crippen molar-refractivity contribution in [1.82, 2.24) is 14.8 Å². The van der Waals surface area contributed by atoms with Gasteiger partial charge in [-0.1, -0.05) is 19.9 Å². The van der Waals surface area contributed by atoms with Crippen LogP contribution in [0.4, 0.5) is 0 Å². The number of aromatic nitrogens is 1. The Bertz CT molecular complexity index is 1120. The number of carbonyl (C=O) groups is 1. The molecule has 2 aromatic carbocycles. The number of amides is 1. The topological polar surface area (TPSA) is 112 Å². The first-order valence-corrected chi connectivity index (χ1v) is 10.9. The summed E-state index contributed by atoms with van der Waals surface area (Å²) in [6.45, 7) is 3.42. The van der Waals surface area contributed by atoms with E-state index in [1.54, 1.807) is 37.7 Å². The molecule has 160 valence electrons. The van der Waals surface area contributed by atoms with Gasteiger partial charge in [-0.05, 0) is 59.3 Å². The van der Waals surface area contributed by atoms with Crippen LogP contribution >= 0.6 is 0 Å². The second-order valence-corrected chi connectivity index (χ2v) is 9.18. The van der Waals surface area contributed by atoms with Crippen LogP contribution in [0, 0.1) is 5.92 Å². The number of sulfonamides is 1. The van der Waals surface area contributed by atoms with Gasteiger partial charge in [0, 0.05) is 18.3 Å². The van der Waals surface area contributed by atoms with Gasteiger partial charge >= 0.3 is 0 Å². The van der Waals surface area contributed by atoms with Gasteiger partial charge in [-0.15, -0.1) is 0 Å². The summed E-state index contributed by atoms with van der Waals surface area (Å²) in [7, 11) is -2.57. The third-order valence-electron chi connectivity index (χ3n) is 4.94. The SMILES string of the molecule is COc1ccc(S(=O)(=O)N(Cc2ccc3[nH]ccc3c2)[C@@H](C(=O)NO)C(C)C)cc1. The third kappa shape index (κ3) is 4.33. The van der Waals surface area contributed by atoms with E-state index in [1.165, 1.54) is 19.2 Å². The molecule has 3 N–H and O–H groups in total. The Morgan fingerprint density at radius 3 is 2.47 bits per heavy atom. The van der Waals surface area contributed by atoms with Crippen LogP contribution in [0.2, 0.25) is 0 Å². The van der Waals surface area contributed by atoms with Crippen molar-refractivity contribution in [2.45, 2.75) is 31.3 Å². The second kappa shape index (κ2) is 8.86. The number of carbonyl (C=O) groups excluding carboxylic acids is 1. The number of fused-ring (bicyclic) bond motifs is 1. The zero-order valence-corrected chi connectivity index (χ0v) is 17.8. The molecule has 1 amide bonds. The Morgan fingerprint density at radius 2 is 1.87 bits per heavy atom. The summed E-state index contributed by atoms with van der Waals surface area (Å²) in [6.07, 6.45) is 1.80. The number of hydroxylamine groups is 1. The van der Waals surface area contributed by atoms with Gasteiger partial charge in [0.25, 0.3) is 5.91 Å². The van der Waals surface area contributed by atoms with E-state index >= 15 is 0 Å². The first-order chi connectivity index (χ1) is 14.3. The monoisotopic (exact) mass is 431 g/mol. The highest BCUT2D eigenvalue weighted by atomic mass is 32.2. The average Bonchev–Trinajstić information content (AvgIpc) is 3.20. The number of rotatable bonds is 8. The Balaban J connectivity index is 2.08. The van der Waals surface area contributed by atoms with E-state index in [9.17, 15) is 18.4 Å². The number of ether oxygens (including phenoxy) is 1. The van der Waals surface area contributed by atoms with Gasteiger partial charge in [0.15, 0.2) is 0 Å². The van der Waals surface area contributed by atoms with Gasteiger partial charge in [0.2, 0.25) is 10.0 Å². The van der Waals surface area contributed by atoms with Crippen molar-refractivity contribution in [3.05, 3.63) is 60.3 Å². The van der Waals surface area contributed by atoms with Crippen LogP contribution in [0.1, 0.15) is 19.4 Å². The molecule has 3 aromatic rings. The molecule has 3 rings (SSSR count). The maximum absolute atomic E-state index is 13.5. The van der Waals surface area contributed by atoms with Gasteiger partial charge in [-0.25, -0.2) is 13.9 Å². The lowest BCUT2D eigenvalue weighted by atomic mass is 10.0. The molecular formula is C21H25N3O5S. The number of nitrogens with zero attached hydrogens (tertiary/aromatic N) is 1. The van der Waals surface area contributed by atoms with E-state index in [4.69, 9.17) is 4.74 Å². The van der Waals surface area contributed by atoms with E-state index in [2.05, 4.69) is 4.98 Å². The minimum absolute atomic E-state index is 0.0300. The molecule has 30 heavy (non-hydrogen) atoms. The number of aromatic amines is 1. The molecule has 0 aliphatic heterocycles. The normalized spacial score (nSPS) is 13.0. The van der Waals surface area contributed by atoms with Crippen molar-refractivity contribution in [3.8, 4) is 5.75 Å². The highest BCUT2D eigenvalue weighted by molar-refractivity contribution is 7.89. The molecule has 0 saturated carbocycles. The largest absolute Gasteiger partial charge is 0.497 e. The first kappa shape index (κ1) is 21.8. The minimum atomic E-state index is -4.07. The molecule has 0 fully saturated rings. The highest BCUT2D eigenvalue weighted by Crippen LogP contribution is 2.27. The van der Waals surface area contributed by atoms with Crippen molar-refractivity contribution in [2.24, 2.45) is 5.92 Å². The summed E-state index contributed by atoms with van der Waals surface area (Å²) in [4.78, 5) is 15.6. The second-order valence-electron chi connectivity index (χ2n) is 7.29. The van der Waals surface area contributed by atoms with Gasteiger partial charge in [-0.3, -0.25) is 10.0 Å². The fourth-order valence-electron chi connectivity index (χ4n) is 3.43. The zero-order valence-electron chi connectivity index (χ0n) is 17.0. The standard InChI is InChI=1S/C21H25N3O5S/c1-14(2)20(21(25)23-26)24(13-15-4-9-19-16(12-15)10-11-22-19)30(27,28)18-7-5-17(29-3)6-8-18/h4-12,14,20,22,26H,13H2,1-3H3,(H,23,25)/t20-/m1/s1. The van der Waals surface area contributed by atoms with Crippen LogP contribution < -0.4 is 10.2 Å².